The van der Waals surface area contributed by atoms with Crippen LogP contribution in [0.2, 0.25) is 0 Å². The highest BCUT2D eigenvalue weighted by Gasteiger charge is 2.43. The van der Waals surface area contributed by atoms with Gasteiger partial charge in [-0.05, 0) is 38.6 Å². The molecule has 1 rings (SSSR count). The van der Waals surface area contributed by atoms with E-state index in [4.69, 9.17) is 0 Å². The van der Waals surface area contributed by atoms with Crippen molar-refractivity contribution in [1.29, 1.82) is 0 Å². The zero-order valence-electron chi connectivity index (χ0n) is 10.1. The summed E-state index contributed by atoms with van der Waals surface area (Å²) in [6, 6.07) is 0. The van der Waals surface area contributed by atoms with E-state index in [1.165, 1.54) is 12.8 Å². The number of rotatable bonds is 5. The highest BCUT2D eigenvalue weighted by molar-refractivity contribution is 5.78. The molecule has 0 amide bonds. The summed E-state index contributed by atoms with van der Waals surface area (Å²) < 4.78 is 0. The maximum atomic E-state index is 11.2. The summed E-state index contributed by atoms with van der Waals surface area (Å²) in [4.78, 5) is 13.4. The Morgan fingerprint density at radius 2 is 2.27 bits per heavy atom. The fraction of sp³-hybridized carbons (Fsp3) is 0.917. The van der Waals surface area contributed by atoms with Crippen LogP contribution in [-0.2, 0) is 4.79 Å². The van der Waals surface area contributed by atoms with Gasteiger partial charge in [0, 0.05) is 6.54 Å². The molecule has 15 heavy (non-hydrogen) atoms. The zero-order valence-corrected chi connectivity index (χ0v) is 10.1. The number of likely N-dealkylation sites (tertiary alicyclic amines) is 1. The first-order valence-corrected chi connectivity index (χ1v) is 5.99. The Morgan fingerprint density at radius 1 is 1.60 bits per heavy atom. The van der Waals surface area contributed by atoms with Gasteiger partial charge < -0.3 is 5.11 Å². The third-order valence-corrected chi connectivity index (χ3v) is 3.56. The standard InChI is InChI=1S/C12H23NO2/c1-4-6-10(2)9-13-8-5-7-12(13,3)11(14)15/h10H,4-9H2,1-3H3,(H,14,15). The smallest absolute Gasteiger partial charge is 0.323 e. The van der Waals surface area contributed by atoms with E-state index in [2.05, 4.69) is 18.7 Å². The Labute approximate surface area is 92.5 Å². The first-order valence-electron chi connectivity index (χ1n) is 5.99. The van der Waals surface area contributed by atoms with Crippen molar-refractivity contribution in [2.75, 3.05) is 13.1 Å². The topological polar surface area (TPSA) is 40.5 Å². The number of carboxylic acids is 1. The van der Waals surface area contributed by atoms with Gasteiger partial charge in [-0.2, -0.15) is 0 Å². The molecule has 1 aliphatic heterocycles. The largest absolute Gasteiger partial charge is 0.480 e. The number of carbonyl (C=O) groups is 1. The molecule has 2 atom stereocenters. The van der Waals surface area contributed by atoms with Crippen LogP contribution in [-0.4, -0.2) is 34.6 Å². The van der Waals surface area contributed by atoms with Crippen molar-refractivity contribution >= 4 is 5.97 Å². The molecule has 1 aliphatic rings. The van der Waals surface area contributed by atoms with Crippen LogP contribution in [0.25, 0.3) is 0 Å². The molecule has 1 fully saturated rings. The van der Waals surface area contributed by atoms with Gasteiger partial charge in [0.1, 0.15) is 5.54 Å². The van der Waals surface area contributed by atoms with Gasteiger partial charge in [0.25, 0.3) is 0 Å². The second kappa shape index (κ2) is 4.97. The van der Waals surface area contributed by atoms with Gasteiger partial charge in [0.05, 0.1) is 0 Å². The number of aliphatic carboxylic acids is 1. The summed E-state index contributed by atoms with van der Waals surface area (Å²) in [5, 5.41) is 9.24. The van der Waals surface area contributed by atoms with Crippen LogP contribution in [0.3, 0.4) is 0 Å². The van der Waals surface area contributed by atoms with Gasteiger partial charge in [-0.3, -0.25) is 9.69 Å². The molecule has 0 aromatic carbocycles. The molecule has 0 aromatic heterocycles. The monoisotopic (exact) mass is 213 g/mol. The maximum Gasteiger partial charge on any atom is 0.323 e. The van der Waals surface area contributed by atoms with E-state index >= 15 is 0 Å². The summed E-state index contributed by atoms with van der Waals surface area (Å²) in [7, 11) is 0. The Balaban J connectivity index is 2.57. The Morgan fingerprint density at radius 3 is 2.80 bits per heavy atom. The molecule has 0 radical (unpaired) electrons. The predicted molar refractivity (Wildman–Crippen MR) is 60.9 cm³/mol. The zero-order chi connectivity index (χ0) is 11.5. The molecule has 1 saturated heterocycles. The second-order valence-corrected chi connectivity index (χ2v) is 5.02. The van der Waals surface area contributed by atoms with Crippen LogP contribution in [0, 0.1) is 5.92 Å². The van der Waals surface area contributed by atoms with Crippen LogP contribution < -0.4 is 0 Å². The van der Waals surface area contributed by atoms with Crippen molar-refractivity contribution in [3.8, 4) is 0 Å². The van der Waals surface area contributed by atoms with E-state index in [1.807, 2.05) is 6.92 Å². The molecular formula is C12H23NO2. The van der Waals surface area contributed by atoms with Crippen molar-refractivity contribution < 1.29 is 9.90 Å². The maximum absolute atomic E-state index is 11.2. The van der Waals surface area contributed by atoms with Crippen LogP contribution >= 0.6 is 0 Å². The van der Waals surface area contributed by atoms with Gasteiger partial charge in [0.15, 0.2) is 0 Å². The number of carboxylic acid groups (broad SMARTS) is 1. The number of hydrogen-bond acceptors (Lipinski definition) is 2. The normalized spacial score (nSPS) is 29.3. The molecule has 1 heterocycles. The average Bonchev–Trinajstić information content (AvgIpc) is 2.50. The lowest BCUT2D eigenvalue weighted by atomic mass is 9.97. The molecule has 0 saturated carbocycles. The van der Waals surface area contributed by atoms with Crippen LogP contribution in [0.15, 0.2) is 0 Å². The minimum atomic E-state index is -0.663. The lowest BCUT2D eigenvalue weighted by Gasteiger charge is -2.33. The van der Waals surface area contributed by atoms with Crippen LogP contribution in [0.4, 0.5) is 0 Å². The average molecular weight is 213 g/mol. The van der Waals surface area contributed by atoms with E-state index in [9.17, 15) is 9.90 Å². The second-order valence-electron chi connectivity index (χ2n) is 5.02. The third kappa shape index (κ3) is 2.71. The molecule has 0 spiro atoms. The van der Waals surface area contributed by atoms with Crippen LogP contribution in [0.1, 0.15) is 46.5 Å². The summed E-state index contributed by atoms with van der Waals surface area (Å²) in [5.74, 6) is -0.0597. The fourth-order valence-electron chi connectivity index (χ4n) is 2.51. The molecule has 2 unspecified atom stereocenters. The quantitative estimate of drug-likeness (QED) is 0.762. The first kappa shape index (κ1) is 12.5. The highest BCUT2D eigenvalue weighted by Crippen LogP contribution is 2.30. The lowest BCUT2D eigenvalue weighted by Crippen LogP contribution is -2.49. The third-order valence-electron chi connectivity index (χ3n) is 3.56. The molecule has 88 valence electrons. The Bertz CT molecular complexity index is 230. The summed E-state index contributed by atoms with van der Waals surface area (Å²) in [6.07, 6.45) is 4.17. The fourth-order valence-corrected chi connectivity index (χ4v) is 2.51. The molecule has 3 nitrogen and oxygen atoms in total. The van der Waals surface area contributed by atoms with Crippen molar-refractivity contribution in [3.05, 3.63) is 0 Å². The van der Waals surface area contributed by atoms with Crippen molar-refractivity contribution in [1.82, 2.24) is 4.90 Å². The van der Waals surface area contributed by atoms with Crippen LogP contribution in [0.5, 0.6) is 0 Å². The first-order chi connectivity index (χ1) is 7.00. The summed E-state index contributed by atoms with van der Waals surface area (Å²) >= 11 is 0. The summed E-state index contributed by atoms with van der Waals surface area (Å²) in [5.41, 5.74) is -0.609. The van der Waals surface area contributed by atoms with E-state index in [0.29, 0.717) is 5.92 Å². The molecule has 0 bridgehead atoms. The van der Waals surface area contributed by atoms with E-state index in [0.717, 1.165) is 25.9 Å². The van der Waals surface area contributed by atoms with Crippen molar-refractivity contribution in [2.24, 2.45) is 5.92 Å². The van der Waals surface area contributed by atoms with E-state index < -0.39 is 11.5 Å². The van der Waals surface area contributed by atoms with Gasteiger partial charge in [-0.15, -0.1) is 0 Å². The van der Waals surface area contributed by atoms with Crippen molar-refractivity contribution in [3.63, 3.8) is 0 Å². The molecule has 3 heteroatoms. The van der Waals surface area contributed by atoms with Gasteiger partial charge >= 0.3 is 5.97 Å². The van der Waals surface area contributed by atoms with E-state index in [-0.39, 0.29) is 0 Å². The summed E-state index contributed by atoms with van der Waals surface area (Å²) in [6.45, 7) is 8.12. The van der Waals surface area contributed by atoms with Gasteiger partial charge in [-0.25, -0.2) is 0 Å². The highest BCUT2D eigenvalue weighted by atomic mass is 16.4. The Hall–Kier alpha value is -0.570. The lowest BCUT2D eigenvalue weighted by molar-refractivity contribution is -0.148. The minimum absolute atomic E-state index is 0.603. The van der Waals surface area contributed by atoms with Gasteiger partial charge in [-0.1, -0.05) is 20.3 Å². The minimum Gasteiger partial charge on any atom is -0.480 e. The SMILES string of the molecule is CCCC(C)CN1CCCC1(C)C(=O)O. The molecule has 0 aliphatic carbocycles. The predicted octanol–water partition coefficient (Wildman–Crippen LogP) is 2.36. The van der Waals surface area contributed by atoms with Gasteiger partial charge in [0.2, 0.25) is 0 Å². The number of hydrogen-bond donors (Lipinski definition) is 1. The molecular weight excluding hydrogens is 190 g/mol. The Kier molecular flexibility index (Phi) is 4.14. The van der Waals surface area contributed by atoms with Crippen molar-refractivity contribution in [2.45, 2.75) is 52.0 Å². The van der Waals surface area contributed by atoms with E-state index in [1.54, 1.807) is 0 Å². The molecule has 0 aromatic rings. The number of nitrogens with zero attached hydrogens (tertiary/aromatic N) is 1. The molecule has 1 N–H and O–H groups in total.